The van der Waals surface area contributed by atoms with Crippen LogP contribution in [0.2, 0.25) is 0 Å². The molecule has 0 bridgehead atoms. The summed E-state index contributed by atoms with van der Waals surface area (Å²) >= 11 is 0. The second-order valence-electron chi connectivity index (χ2n) is 27.7. The molecule has 0 amide bonds. The van der Waals surface area contributed by atoms with Crippen LogP contribution in [0.25, 0.3) is 32.3 Å². The Kier molecular flexibility index (Phi) is 16.7. The fraction of sp³-hybridized carbons (Fsp3) is 0.186. The number of nitrogens with zero attached hydrogens (tertiary/aromatic N) is 4. The van der Waals surface area contributed by atoms with E-state index in [0.29, 0.717) is 0 Å². The van der Waals surface area contributed by atoms with Gasteiger partial charge in [-0.15, -0.1) is 0 Å². The molecule has 98 heavy (non-hydrogen) atoms. The zero-order valence-electron chi connectivity index (χ0n) is 56.4. The molecule has 490 valence electrons. The first kappa shape index (κ1) is 65.2. The van der Waals surface area contributed by atoms with Gasteiger partial charge in [0.15, 0.2) is 11.4 Å². The summed E-state index contributed by atoms with van der Waals surface area (Å²) in [4.78, 5) is 3.50. The molecule has 0 spiro atoms. The van der Waals surface area contributed by atoms with Gasteiger partial charge in [0.05, 0.1) is 20.6 Å². The highest BCUT2D eigenvalue weighted by Gasteiger charge is 2.49. The highest BCUT2D eigenvalue weighted by atomic mass is 32.2. The lowest BCUT2D eigenvalue weighted by Gasteiger charge is -2.34. The van der Waals surface area contributed by atoms with E-state index in [1.54, 1.807) is 0 Å². The van der Waals surface area contributed by atoms with Crippen LogP contribution in [-0.4, -0.2) is 74.7 Å². The van der Waals surface area contributed by atoms with Crippen molar-refractivity contribution in [3.8, 4) is 0 Å². The van der Waals surface area contributed by atoms with Crippen LogP contribution in [0.5, 0.6) is 0 Å². The normalized spacial score (nSPS) is 19.3. The van der Waals surface area contributed by atoms with Crippen LogP contribution in [0, 0.1) is 0 Å². The van der Waals surface area contributed by atoms with E-state index in [2.05, 4.69) is 318 Å². The van der Waals surface area contributed by atoms with Crippen molar-refractivity contribution >= 4 is 86.7 Å². The molecule has 4 aliphatic heterocycles. The van der Waals surface area contributed by atoms with Crippen molar-refractivity contribution in [1.82, 2.24) is 0 Å². The smallest absolute Gasteiger partial charge is 0.210 e. The molecule has 0 saturated heterocycles. The zero-order valence-corrected chi connectivity index (χ0v) is 58.1. The summed E-state index contributed by atoms with van der Waals surface area (Å²) in [6.07, 6.45) is 17.7. The first-order valence-electron chi connectivity index (χ1n) is 33.3. The van der Waals surface area contributed by atoms with Gasteiger partial charge in [0, 0.05) is 88.5 Å². The molecular weight excluding hydrogens is 1250 g/mol. The lowest BCUT2D eigenvalue weighted by Crippen LogP contribution is -2.35. The van der Waals surface area contributed by atoms with Crippen LogP contribution < -0.4 is 9.80 Å². The van der Waals surface area contributed by atoms with E-state index in [1.807, 2.05) is 0 Å². The molecule has 15 rings (SSSR count). The number of rotatable bonds is 14. The summed E-state index contributed by atoms with van der Waals surface area (Å²) in [5, 5.41) is 5.07. The lowest BCUT2D eigenvalue weighted by atomic mass is 9.69. The van der Waals surface area contributed by atoms with Gasteiger partial charge in [-0.2, -0.15) is 9.15 Å². The molecule has 4 aliphatic rings. The summed E-state index contributed by atoms with van der Waals surface area (Å²) in [5.74, 6) is 0. The maximum atomic E-state index is 11.1. The number of anilines is 2. The maximum Gasteiger partial charge on any atom is 0.210 e. The van der Waals surface area contributed by atoms with Crippen LogP contribution >= 0.6 is 0 Å². The Morgan fingerprint density at radius 1 is 0.388 bits per heavy atom. The van der Waals surface area contributed by atoms with Gasteiger partial charge in [0.1, 0.15) is 34.3 Å². The number of allylic oxidation sites excluding steroid dienone is 8. The van der Waals surface area contributed by atoms with Crippen molar-refractivity contribution in [3.63, 3.8) is 0 Å². The fourth-order valence-electron chi connectivity index (χ4n) is 16.8. The number of hydrogen-bond acceptors (Lipinski definition) is 8. The molecule has 10 nitrogen and oxygen atoms in total. The highest BCUT2D eigenvalue weighted by Crippen LogP contribution is 2.54. The van der Waals surface area contributed by atoms with Gasteiger partial charge in [-0.3, -0.25) is 0 Å². The highest BCUT2D eigenvalue weighted by molar-refractivity contribution is 7.87. The van der Waals surface area contributed by atoms with E-state index in [1.165, 1.54) is 136 Å². The molecule has 0 N–H and O–H groups in total. The molecule has 0 fully saturated rings. The quantitative estimate of drug-likeness (QED) is 0.0778. The van der Waals surface area contributed by atoms with Crippen LogP contribution in [0.4, 0.5) is 22.7 Å². The minimum absolute atomic E-state index is 0.178. The van der Waals surface area contributed by atoms with E-state index in [4.69, 9.17) is 0 Å². The van der Waals surface area contributed by atoms with Crippen molar-refractivity contribution in [1.29, 1.82) is 0 Å². The fourth-order valence-corrected chi connectivity index (χ4v) is 18.3. The first-order valence-corrected chi connectivity index (χ1v) is 36.1. The molecular formula is C86H78N4O6S2. The second kappa shape index (κ2) is 25.1. The molecule has 4 heterocycles. The van der Waals surface area contributed by atoms with Gasteiger partial charge in [-0.1, -0.05) is 206 Å². The molecule has 0 aliphatic carbocycles. The summed E-state index contributed by atoms with van der Waals surface area (Å²) in [7, 11) is -0.735. The van der Waals surface area contributed by atoms with Crippen molar-refractivity contribution in [2.75, 3.05) is 38.0 Å². The number of benzene rings is 11. The van der Waals surface area contributed by atoms with Crippen LogP contribution in [0.1, 0.15) is 72.2 Å². The molecule has 2 unspecified atom stereocenters. The average molecular weight is 1330 g/mol. The maximum absolute atomic E-state index is 11.1. The molecule has 0 saturated carbocycles. The zero-order chi connectivity index (χ0) is 68.5. The number of likely N-dealkylation sites (N-methyl/N-ethyl adjacent to an activating group) is 2. The lowest BCUT2D eigenvalue weighted by molar-refractivity contribution is -0.401. The Morgan fingerprint density at radius 2 is 0.724 bits per heavy atom. The Morgan fingerprint density at radius 3 is 1.11 bits per heavy atom. The van der Waals surface area contributed by atoms with Crippen LogP contribution in [0.15, 0.2) is 300 Å². The molecule has 11 aromatic rings. The SMILES string of the molecule is CN1C(=CC=CC2=[N+](C)c3ccc4ccccc4c3C2(C)C)C(Cc2ccccc2)(Cc2ccc(CC3(Cc4ccccc4)C(=CC=CC4=[N+](C)c5ccc6ccccc6c5C4(C)C)N(C)c4ccccc43)cc2)c2ccccc21.O=S(=O)([O-])c1cccc2cccc(S(=O)(=O)[O-])c12. The van der Waals surface area contributed by atoms with Gasteiger partial charge in [-0.05, 0) is 162 Å². The Hall–Kier alpha value is -10.1. The van der Waals surface area contributed by atoms with Gasteiger partial charge in [0.2, 0.25) is 11.4 Å². The largest absolute Gasteiger partial charge is 0.744 e. The molecule has 0 aromatic heterocycles. The van der Waals surface area contributed by atoms with E-state index in [0.717, 1.165) is 37.8 Å². The topological polar surface area (TPSA) is 127 Å². The predicted molar refractivity (Wildman–Crippen MR) is 397 cm³/mol. The third kappa shape index (κ3) is 11.3. The predicted octanol–water partition coefficient (Wildman–Crippen LogP) is 17.3. The minimum atomic E-state index is -4.87. The van der Waals surface area contributed by atoms with Gasteiger partial charge in [0.25, 0.3) is 0 Å². The van der Waals surface area contributed by atoms with Crippen molar-refractivity contribution in [3.05, 3.63) is 335 Å². The van der Waals surface area contributed by atoms with Crippen molar-refractivity contribution < 1.29 is 35.1 Å². The Balaban J connectivity index is 0.000000396. The Bertz CT molecular complexity index is 5120. The monoisotopic (exact) mass is 1330 g/mol. The molecule has 0 radical (unpaired) electrons. The standard InChI is InChI=1S/C76H72N4.C10H8O6S2/c1-73(2)67(79(7)65-47-45-57-29-15-17-31-59(57)71(65)73)37-23-39-69-75(49-53-25-11-9-12-26-53,61-33-19-21-35-63(61)77(69)5)51-55-41-43-56(44-42-55)52-76(50-54-27-13-10-14-28-54)62-34-20-22-36-64(62)78(6)70(76)40-24-38-68-74(3,4)72-60-32-18-16-30-58(60)46-48-66(72)80(68)8;11-17(12,13)8-5-1-3-7-4-2-6-9(10(7)8)18(14,15)16/h9-48H,49-52H2,1-8H3;1-6H,(H,11,12,13)(H,14,15,16)/q+2;/p-2. The average Bonchev–Trinajstić information content (AvgIpc) is 1.55. The second-order valence-corrected chi connectivity index (χ2v) is 30.3. The molecule has 2 atom stereocenters. The third-order valence-electron chi connectivity index (χ3n) is 21.2. The molecule has 12 heteroatoms. The summed E-state index contributed by atoms with van der Waals surface area (Å²) in [5.41, 5.74) is 20.1. The number of hydrogen-bond donors (Lipinski definition) is 0. The summed E-state index contributed by atoms with van der Waals surface area (Å²) in [6.45, 7) is 9.53. The molecule has 11 aromatic carbocycles. The number of para-hydroxylation sites is 2. The van der Waals surface area contributed by atoms with Gasteiger partial charge < -0.3 is 18.9 Å². The van der Waals surface area contributed by atoms with Gasteiger partial charge in [-0.25, -0.2) is 16.8 Å². The summed E-state index contributed by atoms with van der Waals surface area (Å²) in [6, 6.07) is 84.4. The first-order chi connectivity index (χ1) is 47.0. The van der Waals surface area contributed by atoms with E-state index in [9.17, 15) is 25.9 Å². The van der Waals surface area contributed by atoms with Crippen molar-refractivity contribution in [2.45, 2.75) is 84.8 Å². The van der Waals surface area contributed by atoms with E-state index >= 15 is 0 Å². The van der Waals surface area contributed by atoms with Crippen molar-refractivity contribution in [2.24, 2.45) is 0 Å². The van der Waals surface area contributed by atoms with E-state index in [-0.39, 0.29) is 32.4 Å². The van der Waals surface area contributed by atoms with Gasteiger partial charge >= 0.3 is 0 Å². The van der Waals surface area contributed by atoms with Crippen LogP contribution in [0.3, 0.4) is 0 Å². The third-order valence-corrected chi connectivity index (χ3v) is 22.9. The van der Waals surface area contributed by atoms with E-state index < -0.39 is 30.0 Å². The Labute approximate surface area is 576 Å². The number of fused-ring (bicyclic) bond motifs is 9. The summed E-state index contributed by atoms with van der Waals surface area (Å²) < 4.78 is 71.2. The minimum Gasteiger partial charge on any atom is -0.744 e. The van der Waals surface area contributed by atoms with Crippen LogP contribution in [-0.2, 0) is 67.6 Å².